The summed E-state index contributed by atoms with van der Waals surface area (Å²) in [7, 11) is -5.85. The van der Waals surface area contributed by atoms with Gasteiger partial charge < -0.3 is 9.47 Å². The summed E-state index contributed by atoms with van der Waals surface area (Å²) in [6.07, 6.45) is 9.91. The van der Waals surface area contributed by atoms with Crippen molar-refractivity contribution in [3.8, 4) is 0 Å². The Balaban J connectivity index is 1.23. The summed E-state index contributed by atoms with van der Waals surface area (Å²) in [4.78, 5) is 23.8. The summed E-state index contributed by atoms with van der Waals surface area (Å²) in [5, 5.41) is -4.95. The van der Waals surface area contributed by atoms with Gasteiger partial charge in [0.1, 0.15) is 0 Å². The molecule has 182 valence electrons. The first-order chi connectivity index (χ1) is 15.1. The second-order valence-corrected chi connectivity index (χ2v) is 11.8. The Bertz CT molecular complexity index is 824. The molecule has 6 unspecified atom stereocenters. The zero-order valence-corrected chi connectivity index (χ0v) is 18.9. The zero-order valence-electron chi connectivity index (χ0n) is 18.1. The number of hydrogen-bond donors (Lipinski definition) is 1. The fourth-order valence-electron chi connectivity index (χ4n) is 6.92. The van der Waals surface area contributed by atoms with Crippen molar-refractivity contribution in [1.82, 2.24) is 0 Å². The first-order valence-corrected chi connectivity index (χ1v) is 13.2. The molecule has 4 fully saturated rings. The van der Waals surface area contributed by atoms with Crippen LogP contribution in [0.4, 0.5) is 8.78 Å². The smallest absolute Gasteiger partial charge is 0.465 e. The predicted molar refractivity (Wildman–Crippen MR) is 109 cm³/mol. The molecule has 0 amide bonds. The molecule has 2 bridgehead atoms. The summed E-state index contributed by atoms with van der Waals surface area (Å²) in [5.74, 6) is -0.199. The molecule has 32 heavy (non-hydrogen) atoms. The van der Waals surface area contributed by atoms with Gasteiger partial charge in [0, 0.05) is 6.42 Å². The molecule has 4 saturated carbocycles. The maximum atomic E-state index is 13.4. The van der Waals surface area contributed by atoms with Crippen LogP contribution in [0.3, 0.4) is 0 Å². The Morgan fingerprint density at radius 3 is 2.25 bits per heavy atom. The normalized spacial score (nSPS) is 35.0. The highest BCUT2D eigenvalue weighted by molar-refractivity contribution is 7.87. The van der Waals surface area contributed by atoms with Crippen molar-refractivity contribution in [2.45, 2.75) is 69.5 Å². The standard InChI is InChI=1S/C22H32F2O7S/c23-22(24,32(27,28)29)21(26)31-12-16-9-15-10-18(16)19-7-14(6-17(15)19)8-20(25)30-11-13-4-2-1-3-5-13/h13-19H,1-12H2,(H,27,28,29). The third-order valence-electron chi connectivity index (χ3n) is 8.35. The molecule has 1 N–H and O–H groups in total. The number of rotatable bonds is 8. The highest BCUT2D eigenvalue weighted by Crippen LogP contribution is 2.62. The van der Waals surface area contributed by atoms with Gasteiger partial charge in [0.15, 0.2) is 0 Å². The molecule has 0 spiro atoms. The van der Waals surface area contributed by atoms with Gasteiger partial charge in [-0.05, 0) is 80.0 Å². The molecular formula is C22H32F2O7S. The lowest BCUT2D eigenvalue weighted by atomic mass is 9.76. The Hall–Kier alpha value is -1.29. The molecule has 0 aliphatic heterocycles. The predicted octanol–water partition coefficient (Wildman–Crippen LogP) is 3.82. The second-order valence-electron chi connectivity index (χ2n) is 10.3. The van der Waals surface area contributed by atoms with Crippen molar-refractivity contribution >= 4 is 22.1 Å². The summed E-state index contributed by atoms with van der Waals surface area (Å²) in [5.41, 5.74) is 0. The average Bonchev–Trinajstić information content (AvgIpc) is 3.42. The van der Waals surface area contributed by atoms with Crippen LogP contribution in [0.15, 0.2) is 0 Å². The molecule has 7 nitrogen and oxygen atoms in total. The minimum atomic E-state index is -5.85. The van der Waals surface area contributed by atoms with Gasteiger partial charge in [0.05, 0.1) is 13.2 Å². The van der Waals surface area contributed by atoms with Crippen LogP contribution in [0, 0.1) is 41.4 Å². The van der Waals surface area contributed by atoms with Crippen molar-refractivity contribution < 1.29 is 40.8 Å². The lowest BCUT2D eigenvalue weighted by Crippen LogP contribution is -2.40. The first kappa shape index (κ1) is 23.9. The van der Waals surface area contributed by atoms with Crippen molar-refractivity contribution in [2.75, 3.05) is 13.2 Å². The van der Waals surface area contributed by atoms with E-state index in [2.05, 4.69) is 4.74 Å². The van der Waals surface area contributed by atoms with Gasteiger partial charge in [-0.15, -0.1) is 0 Å². The molecule has 0 heterocycles. The second kappa shape index (κ2) is 9.16. The van der Waals surface area contributed by atoms with E-state index in [0.29, 0.717) is 36.7 Å². The number of hydrogen-bond acceptors (Lipinski definition) is 6. The summed E-state index contributed by atoms with van der Waals surface area (Å²) in [6.45, 7) is 0.244. The SMILES string of the molecule is O=C(CC1CC2C3CC(COC(=O)C(F)(F)S(=O)(=O)O)C(C3)C2C1)OCC1CCCCC1. The molecule has 10 heteroatoms. The highest BCUT2D eigenvalue weighted by atomic mass is 32.2. The number of halogens is 2. The Morgan fingerprint density at radius 2 is 1.56 bits per heavy atom. The van der Waals surface area contributed by atoms with E-state index in [0.717, 1.165) is 38.5 Å². The minimum Gasteiger partial charge on any atom is -0.465 e. The van der Waals surface area contributed by atoms with Gasteiger partial charge in [-0.2, -0.15) is 17.2 Å². The molecule has 4 rings (SSSR count). The maximum Gasteiger partial charge on any atom is 0.465 e. The Labute approximate surface area is 187 Å². The van der Waals surface area contributed by atoms with Gasteiger partial charge in [-0.25, -0.2) is 4.79 Å². The maximum absolute atomic E-state index is 13.4. The van der Waals surface area contributed by atoms with E-state index in [1.807, 2.05) is 0 Å². The van der Waals surface area contributed by atoms with Crippen LogP contribution < -0.4 is 0 Å². The van der Waals surface area contributed by atoms with E-state index in [1.54, 1.807) is 0 Å². The molecule has 0 aromatic carbocycles. The van der Waals surface area contributed by atoms with Gasteiger partial charge in [0.2, 0.25) is 0 Å². The third-order valence-corrected chi connectivity index (χ3v) is 9.17. The van der Waals surface area contributed by atoms with Crippen molar-refractivity contribution in [1.29, 1.82) is 0 Å². The Morgan fingerprint density at radius 1 is 0.875 bits per heavy atom. The molecule has 0 radical (unpaired) electrons. The largest absolute Gasteiger partial charge is 0.465 e. The summed E-state index contributed by atoms with van der Waals surface area (Å²) in [6, 6.07) is 0. The number of alkyl halides is 2. The van der Waals surface area contributed by atoms with Gasteiger partial charge in [-0.1, -0.05) is 19.3 Å². The van der Waals surface area contributed by atoms with Crippen LogP contribution in [-0.2, 0) is 29.2 Å². The van der Waals surface area contributed by atoms with E-state index < -0.39 is 21.3 Å². The zero-order chi connectivity index (χ0) is 23.1. The van der Waals surface area contributed by atoms with Crippen molar-refractivity contribution in [2.24, 2.45) is 41.4 Å². The fourth-order valence-corrected chi connectivity index (χ4v) is 7.18. The Kier molecular flexibility index (Phi) is 6.83. The van der Waals surface area contributed by atoms with Crippen molar-refractivity contribution in [3.05, 3.63) is 0 Å². The lowest BCUT2D eigenvalue weighted by Gasteiger charge is -2.31. The highest BCUT2D eigenvalue weighted by Gasteiger charge is 2.58. The lowest BCUT2D eigenvalue weighted by molar-refractivity contribution is -0.163. The molecule has 4 aliphatic carbocycles. The molecule has 0 saturated heterocycles. The van der Waals surface area contributed by atoms with E-state index in [4.69, 9.17) is 9.29 Å². The van der Waals surface area contributed by atoms with Crippen LogP contribution in [0.1, 0.15) is 64.2 Å². The van der Waals surface area contributed by atoms with E-state index in [9.17, 15) is 26.8 Å². The van der Waals surface area contributed by atoms with Crippen LogP contribution in [-0.4, -0.2) is 43.4 Å². The molecule has 6 atom stereocenters. The van der Waals surface area contributed by atoms with E-state index in [-0.39, 0.29) is 30.3 Å². The number of ether oxygens (including phenoxy) is 2. The topological polar surface area (TPSA) is 107 Å². The fraction of sp³-hybridized carbons (Fsp3) is 0.909. The van der Waals surface area contributed by atoms with Gasteiger partial charge in [0.25, 0.3) is 0 Å². The van der Waals surface area contributed by atoms with E-state index >= 15 is 0 Å². The van der Waals surface area contributed by atoms with Gasteiger partial charge in [-0.3, -0.25) is 9.35 Å². The summed E-state index contributed by atoms with van der Waals surface area (Å²) < 4.78 is 66.9. The molecule has 0 aromatic rings. The number of carbonyl (C=O) groups is 2. The van der Waals surface area contributed by atoms with Crippen molar-refractivity contribution in [3.63, 3.8) is 0 Å². The minimum absolute atomic E-state index is 0.0978. The molecular weight excluding hydrogens is 446 g/mol. The quantitative estimate of drug-likeness (QED) is 0.417. The van der Waals surface area contributed by atoms with E-state index in [1.165, 1.54) is 19.3 Å². The van der Waals surface area contributed by atoms with Crippen LogP contribution in [0.25, 0.3) is 0 Å². The monoisotopic (exact) mass is 478 g/mol. The number of esters is 2. The number of carbonyl (C=O) groups excluding carboxylic acids is 2. The molecule has 0 aromatic heterocycles. The van der Waals surface area contributed by atoms with Gasteiger partial charge >= 0.3 is 27.3 Å². The van der Waals surface area contributed by atoms with Crippen LogP contribution in [0.5, 0.6) is 0 Å². The van der Waals surface area contributed by atoms with Crippen LogP contribution in [0.2, 0.25) is 0 Å². The first-order valence-electron chi connectivity index (χ1n) is 11.7. The molecule has 4 aliphatic rings. The average molecular weight is 479 g/mol. The van der Waals surface area contributed by atoms with Crippen LogP contribution >= 0.6 is 0 Å². The third kappa shape index (κ3) is 4.81. The summed E-state index contributed by atoms with van der Waals surface area (Å²) >= 11 is 0. The number of fused-ring (bicyclic) bond motifs is 5.